The van der Waals surface area contributed by atoms with Crippen LogP contribution in [0.25, 0.3) is 0 Å². The number of carboxylic acids is 2. The molecule has 0 unspecified atom stereocenters. The molecule has 0 radical (unpaired) electrons. The number of likely N-dealkylation sites (N-methyl/N-ethyl adjacent to an activating group) is 1. The molecule has 2 atom stereocenters. The first-order valence-corrected chi connectivity index (χ1v) is 4.40. The summed E-state index contributed by atoms with van der Waals surface area (Å²) in [6.07, 6.45) is -0.0362. The number of likely N-dealkylation sites (tertiary alicyclic amines) is 1. The molecule has 6 heteroatoms. The van der Waals surface area contributed by atoms with Gasteiger partial charge in [0.05, 0.1) is 0 Å². The van der Waals surface area contributed by atoms with E-state index >= 15 is 0 Å². The van der Waals surface area contributed by atoms with Crippen LogP contribution in [-0.4, -0.2) is 51.7 Å². The van der Waals surface area contributed by atoms with Gasteiger partial charge in [0, 0.05) is 13.0 Å². The first kappa shape index (κ1) is 10.9. The Morgan fingerprint density at radius 2 is 2.14 bits per heavy atom. The maximum atomic E-state index is 10.8. The second kappa shape index (κ2) is 3.55. The van der Waals surface area contributed by atoms with Crippen LogP contribution in [0.4, 0.5) is 0 Å². The number of hydrogen-bond acceptors (Lipinski definition) is 4. The van der Waals surface area contributed by atoms with Crippen LogP contribution >= 0.6 is 0 Å². The van der Waals surface area contributed by atoms with Gasteiger partial charge in [0.2, 0.25) is 0 Å². The van der Waals surface area contributed by atoms with Crippen LogP contribution < -0.4 is 5.73 Å². The van der Waals surface area contributed by atoms with E-state index in [9.17, 15) is 9.59 Å². The number of nitrogens with zero attached hydrogens (tertiary/aromatic N) is 1. The minimum absolute atomic E-state index is 0.0362. The van der Waals surface area contributed by atoms with Gasteiger partial charge in [0.25, 0.3) is 0 Å². The molecular weight excluding hydrogens is 188 g/mol. The molecule has 0 amide bonds. The van der Waals surface area contributed by atoms with Crippen molar-refractivity contribution >= 4 is 11.9 Å². The zero-order chi connectivity index (χ0) is 10.9. The standard InChI is InChI=1S/C8H14N2O4/c1-2-10-4-8(9,7(13)14)3-5(10)6(11)12/h5H,2-4,9H2,1H3,(H,11,12)(H,13,14)/t5-,8-/m1/s1. The van der Waals surface area contributed by atoms with E-state index in [0.717, 1.165) is 0 Å². The fourth-order valence-electron chi connectivity index (χ4n) is 1.74. The highest BCUT2D eigenvalue weighted by Crippen LogP contribution is 2.25. The fraction of sp³-hybridized carbons (Fsp3) is 0.750. The first-order chi connectivity index (χ1) is 6.40. The van der Waals surface area contributed by atoms with Crippen molar-refractivity contribution in [3.63, 3.8) is 0 Å². The molecule has 0 aromatic carbocycles. The average molecular weight is 202 g/mol. The van der Waals surface area contributed by atoms with Crippen molar-refractivity contribution in [2.24, 2.45) is 5.73 Å². The van der Waals surface area contributed by atoms with Crippen molar-refractivity contribution in [3.8, 4) is 0 Å². The number of nitrogens with two attached hydrogens (primary N) is 1. The molecule has 1 fully saturated rings. The van der Waals surface area contributed by atoms with Gasteiger partial charge in [0.1, 0.15) is 11.6 Å². The lowest BCUT2D eigenvalue weighted by Gasteiger charge is -2.19. The van der Waals surface area contributed by atoms with E-state index in [1.54, 1.807) is 11.8 Å². The third kappa shape index (κ3) is 1.71. The van der Waals surface area contributed by atoms with Gasteiger partial charge in [-0.25, -0.2) is 0 Å². The molecule has 1 aliphatic heterocycles. The lowest BCUT2D eigenvalue weighted by Crippen LogP contribution is -2.50. The molecule has 4 N–H and O–H groups in total. The molecule has 0 aliphatic carbocycles. The molecule has 80 valence electrons. The van der Waals surface area contributed by atoms with Gasteiger partial charge in [-0.3, -0.25) is 14.5 Å². The van der Waals surface area contributed by atoms with Gasteiger partial charge in [-0.2, -0.15) is 0 Å². The molecular formula is C8H14N2O4. The molecule has 6 nitrogen and oxygen atoms in total. The van der Waals surface area contributed by atoms with E-state index in [1.165, 1.54) is 0 Å². The minimum atomic E-state index is -1.42. The van der Waals surface area contributed by atoms with E-state index < -0.39 is 23.5 Å². The highest BCUT2D eigenvalue weighted by atomic mass is 16.4. The van der Waals surface area contributed by atoms with Crippen molar-refractivity contribution in [3.05, 3.63) is 0 Å². The van der Waals surface area contributed by atoms with Crippen LogP contribution in [0.3, 0.4) is 0 Å². The third-order valence-corrected chi connectivity index (χ3v) is 2.60. The molecule has 0 aromatic heterocycles. The Kier molecular flexibility index (Phi) is 2.77. The summed E-state index contributed by atoms with van der Waals surface area (Å²) in [5.41, 5.74) is 4.17. The van der Waals surface area contributed by atoms with Gasteiger partial charge < -0.3 is 15.9 Å². The van der Waals surface area contributed by atoms with E-state index in [-0.39, 0.29) is 13.0 Å². The van der Waals surface area contributed by atoms with E-state index in [2.05, 4.69) is 0 Å². The Hall–Kier alpha value is -1.14. The Labute approximate surface area is 81.3 Å². The Morgan fingerprint density at radius 3 is 2.43 bits per heavy atom. The summed E-state index contributed by atoms with van der Waals surface area (Å²) in [5.74, 6) is -2.15. The van der Waals surface area contributed by atoms with Crippen LogP contribution in [0.1, 0.15) is 13.3 Å². The molecule has 14 heavy (non-hydrogen) atoms. The van der Waals surface area contributed by atoms with Crippen LogP contribution in [0.15, 0.2) is 0 Å². The summed E-state index contributed by atoms with van der Waals surface area (Å²) in [5, 5.41) is 17.7. The smallest absolute Gasteiger partial charge is 0.325 e. The van der Waals surface area contributed by atoms with E-state index in [1.807, 2.05) is 0 Å². The molecule has 1 saturated heterocycles. The van der Waals surface area contributed by atoms with Crippen LogP contribution in [0.5, 0.6) is 0 Å². The molecule has 0 saturated carbocycles. The fourth-order valence-corrected chi connectivity index (χ4v) is 1.74. The van der Waals surface area contributed by atoms with Crippen molar-refractivity contribution in [2.45, 2.75) is 24.9 Å². The Bertz CT molecular complexity index is 268. The SMILES string of the molecule is CCN1C[C@@](N)(C(=O)O)C[C@@H]1C(=O)O. The number of hydrogen-bond donors (Lipinski definition) is 3. The van der Waals surface area contributed by atoms with Crippen molar-refractivity contribution < 1.29 is 19.8 Å². The lowest BCUT2D eigenvalue weighted by atomic mass is 9.98. The third-order valence-electron chi connectivity index (χ3n) is 2.60. The molecule has 0 bridgehead atoms. The van der Waals surface area contributed by atoms with E-state index in [4.69, 9.17) is 15.9 Å². The normalized spacial score (nSPS) is 33.1. The number of carboxylic acid groups (broad SMARTS) is 2. The van der Waals surface area contributed by atoms with Gasteiger partial charge in [-0.05, 0) is 6.54 Å². The second-order valence-corrected chi connectivity index (χ2v) is 3.58. The summed E-state index contributed by atoms with van der Waals surface area (Å²) in [6.45, 7) is 2.36. The monoisotopic (exact) mass is 202 g/mol. The van der Waals surface area contributed by atoms with Crippen molar-refractivity contribution in [2.75, 3.05) is 13.1 Å². The second-order valence-electron chi connectivity index (χ2n) is 3.58. The summed E-state index contributed by atoms with van der Waals surface area (Å²) < 4.78 is 0. The van der Waals surface area contributed by atoms with Crippen LogP contribution in [-0.2, 0) is 9.59 Å². The number of rotatable bonds is 3. The zero-order valence-corrected chi connectivity index (χ0v) is 7.93. The molecule has 0 aromatic rings. The summed E-state index contributed by atoms with van der Waals surface area (Å²) in [4.78, 5) is 23.2. The lowest BCUT2D eigenvalue weighted by molar-refractivity contribution is -0.142. The summed E-state index contributed by atoms with van der Waals surface area (Å²) in [6, 6.07) is -0.777. The molecule has 0 spiro atoms. The van der Waals surface area contributed by atoms with Gasteiger partial charge >= 0.3 is 11.9 Å². The van der Waals surface area contributed by atoms with Crippen LogP contribution in [0, 0.1) is 0 Å². The predicted molar refractivity (Wildman–Crippen MR) is 47.8 cm³/mol. The molecule has 1 aliphatic rings. The maximum Gasteiger partial charge on any atom is 0.325 e. The highest BCUT2D eigenvalue weighted by Gasteiger charge is 2.48. The summed E-state index contributed by atoms with van der Waals surface area (Å²) >= 11 is 0. The summed E-state index contributed by atoms with van der Waals surface area (Å²) in [7, 11) is 0. The van der Waals surface area contributed by atoms with Crippen molar-refractivity contribution in [1.29, 1.82) is 0 Å². The quantitative estimate of drug-likeness (QED) is 0.539. The largest absolute Gasteiger partial charge is 0.480 e. The topological polar surface area (TPSA) is 104 Å². The van der Waals surface area contributed by atoms with Crippen molar-refractivity contribution in [1.82, 2.24) is 4.90 Å². The Balaban J connectivity index is 2.84. The predicted octanol–water partition coefficient (Wildman–Crippen LogP) is -1.05. The number of carbonyl (C=O) groups is 2. The zero-order valence-electron chi connectivity index (χ0n) is 7.93. The van der Waals surface area contributed by atoms with Gasteiger partial charge in [-0.1, -0.05) is 6.92 Å². The van der Waals surface area contributed by atoms with Crippen LogP contribution in [0.2, 0.25) is 0 Å². The first-order valence-electron chi connectivity index (χ1n) is 4.40. The molecule has 1 heterocycles. The maximum absolute atomic E-state index is 10.8. The highest BCUT2D eigenvalue weighted by molar-refractivity contribution is 5.83. The van der Waals surface area contributed by atoms with Gasteiger partial charge in [-0.15, -0.1) is 0 Å². The minimum Gasteiger partial charge on any atom is -0.480 e. The average Bonchev–Trinajstić information content (AvgIpc) is 2.44. The number of aliphatic carboxylic acids is 2. The van der Waals surface area contributed by atoms with Gasteiger partial charge in [0.15, 0.2) is 0 Å². The Morgan fingerprint density at radius 1 is 1.57 bits per heavy atom. The van der Waals surface area contributed by atoms with E-state index in [0.29, 0.717) is 6.54 Å². The molecule has 1 rings (SSSR count).